The zero-order valence-corrected chi connectivity index (χ0v) is 7.20. The van der Waals surface area contributed by atoms with Crippen LogP contribution in [0.4, 0.5) is 0 Å². The van der Waals surface area contributed by atoms with Crippen LogP contribution in [-0.2, 0) is 0 Å². The van der Waals surface area contributed by atoms with E-state index in [1.165, 1.54) is 12.8 Å². The molecule has 0 rings (SSSR count). The average Bonchev–Trinajstić information content (AvgIpc) is 1.88. The Kier molecular flexibility index (Phi) is 4.81. The smallest absolute Gasteiger partial charge is 0.0946 e. The van der Waals surface area contributed by atoms with Crippen molar-refractivity contribution in [2.24, 2.45) is 5.73 Å². The predicted molar refractivity (Wildman–Crippen MR) is 45.5 cm³/mol. The lowest BCUT2D eigenvalue weighted by molar-refractivity contribution is 0.699. The molecule has 10 heavy (non-hydrogen) atoms. The van der Waals surface area contributed by atoms with Gasteiger partial charge in [0.2, 0.25) is 0 Å². The Hall–Kier alpha value is -0.660. The molecular weight excluding hydrogens is 124 g/mol. The summed E-state index contributed by atoms with van der Waals surface area (Å²) in [5.74, 6) is 0.827. The number of hydrogen-bond acceptors (Lipinski definition) is 2. The Labute approximate surface area is 63.5 Å². The SMILES string of the molecule is CCCCNC(N)=C(C)C. The molecule has 0 amide bonds. The second-order valence-corrected chi connectivity index (χ2v) is 2.69. The maximum absolute atomic E-state index is 5.63. The number of allylic oxidation sites excluding steroid dienone is 1. The lowest BCUT2D eigenvalue weighted by atomic mass is 10.3. The van der Waals surface area contributed by atoms with Gasteiger partial charge in [0, 0.05) is 6.54 Å². The second-order valence-electron chi connectivity index (χ2n) is 2.69. The molecule has 0 aromatic rings. The summed E-state index contributed by atoms with van der Waals surface area (Å²) in [6.07, 6.45) is 2.40. The van der Waals surface area contributed by atoms with Crippen LogP contribution in [-0.4, -0.2) is 6.54 Å². The van der Waals surface area contributed by atoms with Crippen LogP contribution >= 0.6 is 0 Å². The first-order valence-corrected chi connectivity index (χ1v) is 3.85. The van der Waals surface area contributed by atoms with Crippen LogP contribution < -0.4 is 11.1 Å². The summed E-state index contributed by atoms with van der Waals surface area (Å²) in [6.45, 7) is 7.18. The van der Waals surface area contributed by atoms with Crippen LogP contribution in [0.1, 0.15) is 33.6 Å². The standard InChI is InChI=1S/C8H18N2/c1-4-5-6-10-8(9)7(2)3/h10H,4-6,9H2,1-3H3. The monoisotopic (exact) mass is 142 g/mol. The van der Waals surface area contributed by atoms with Gasteiger partial charge in [-0.25, -0.2) is 0 Å². The van der Waals surface area contributed by atoms with E-state index in [9.17, 15) is 0 Å². The highest BCUT2D eigenvalue weighted by Crippen LogP contribution is 1.91. The third kappa shape index (κ3) is 4.24. The summed E-state index contributed by atoms with van der Waals surface area (Å²) in [4.78, 5) is 0. The van der Waals surface area contributed by atoms with Gasteiger partial charge in [-0.1, -0.05) is 13.3 Å². The van der Waals surface area contributed by atoms with E-state index in [1.807, 2.05) is 13.8 Å². The molecule has 0 aliphatic heterocycles. The lowest BCUT2D eigenvalue weighted by Crippen LogP contribution is -2.22. The molecule has 2 nitrogen and oxygen atoms in total. The fourth-order valence-corrected chi connectivity index (χ4v) is 0.577. The van der Waals surface area contributed by atoms with Gasteiger partial charge in [-0.3, -0.25) is 0 Å². The normalized spacial score (nSPS) is 9.10. The zero-order chi connectivity index (χ0) is 7.98. The Balaban J connectivity index is 3.40. The quantitative estimate of drug-likeness (QED) is 0.585. The first kappa shape index (κ1) is 9.34. The van der Waals surface area contributed by atoms with Crippen molar-refractivity contribution in [3.05, 3.63) is 11.4 Å². The highest BCUT2D eigenvalue weighted by Gasteiger charge is 1.89. The Morgan fingerprint density at radius 2 is 2.00 bits per heavy atom. The molecule has 0 aromatic carbocycles. The molecular formula is C8H18N2. The van der Waals surface area contributed by atoms with E-state index >= 15 is 0 Å². The average molecular weight is 142 g/mol. The summed E-state index contributed by atoms with van der Waals surface area (Å²) in [5.41, 5.74) is 6.79. The van der Waals surface area contributed by atoms with E-state index < -0.39 is 0 Å². The van der Waals surface area contributed by atoms with Crippen molar-refractivity contribution in [1.29, 1.82) is 0 Å². The third-order valence-electron chi connectivity index (χ3n) is 1.38. The van der Waals surface area contributed by atoms with Crippen LogP contribution in [0.15, 0.2) is 11.4 Å². The van der Waals surface area contributed by atoms with Crippen molar-refractivity contribution in [1.82, 2.24) is 5.32 Å². The van der Waals surface area contributed by atoms with Gasteiger partial charge in [0.1, 0.15) is 0 Å². The Bertz CT molecular complexity index is 112. The summed E-state index contributed by atoms with van der Waals surface area (Å²) >= 11 is 0. The molecule has 0 aromatic heterocycles. The van der Waals surface area contributed by atoms with E-state index in [1.54, 1.807) is 0 Å². The Morgan fingerprint density at radius 1 is 1.40 bits per heavy atom. The number of unbranched alkanes of at least 4 members (excludes halogenated alkanes) is 1. The van der Waals surface area contributed by atoms with Crippen molar-refractivity contribution in [3.8, 4) is 0 Å². The molecule has 0 aliphatic carbocycles. The van der Waals surface area contributed by atoms with Gasteiger partial charge in [-0.15, -0.1) is 0 Å². The van der Waals surface area contributed by atoms with Crippen molar-refractivity contribution < 1.29 is 0 Å². The van der Waals surface area contributed by atoms with Gasteiger partial charge < -0.3 is 11.1 Å². The first-order chi connectivity index (χ1) is 4.68. The largest absolute Gasteiger partial charge is 0.386 e. The molecule has 0 atom stereocenters. The van der Waals surface area contributed by atoms with Gasteiger partial charge in [0.05, 0.1) is 5.82 Å². The van der Waals surface area contributed by atoms with E-state index in [2.05, 4.69) is 12.2 Å². The highest BCUT2D eigenvalue weighted by molar-refractivity contribution is 5.02. The summed E-state index contributed by atoms with van der Waals surface area (Å²) in [7, 11) is 0. The fourth-order valence-electron chi connectivity index (χ4n) is 0.577. The van der Waals surface area contributed by atoms with Crippen LogP contribution in [0.2, 0.25) is 0 Å². The van der Waals surface area contributed by atoms with Gasteiger partial charge in [-0.05, 0) is 25.8 Å². The van der Waals surface area contributed by atoms with E-state index in [0.717, 1.165) is 17.9 Å². The van der Waals surface area contributed by atoms with Crippen LogP contribution in [0.25, 0.3) is 0 Å². The predicted octanol–water partition coefficient (Wildman–Crippen LogP) is 1.59. The van der Waals surface area contributed by atoms with Crippen molar-refractivity contribution in [2.75, 3.05) is 6.54 Å². The van der Waals surface area contributed by atoms with E-state index in [4.69, 9.17) is 5.73 Å². The molecule has 2 heteroatoms. The molecule has 0 saturated carbocycles. The zero-order valence-electron chi connectivity index (χ0n) is 7.20. The Morgan fingerprint density at radius 3 is 2.40 bits per heavy atom. The molecule has 0 bridgehead atoms. The van der Waals surface area contributed by atoms with E-state index in [0.29, 0.717) is 0 Å². The van der Waals surface area contributed by atoms with Crippen molar-refractivity contribution in [3.63, 3.8) is 0 Å². The van der Waals surface area contributed by atoms with E-state index in [-0.39, 0.29) is 0 Å². The second kappa shape index (κ2) is 5.15. The van der Waals surface area contributed by atoms with Gasteiger partial charge in [0.15, 0.2) is 0 Å². The third-order valence-corrected chi connectivity index (χ3v) is 1.38. The molecule has 0 aliphatic rings. The summed E-state index contributed by atoms with van der Waals surface area (Å²) in [6, 6.07) is 0. The van der Waals surface area contributed by atoms with Crippen LogP contribution in [0, 0.1) is 0 Å². The van der Waals surface area contributed by atoms with Crippen LogP contribution in [0.5, 0.6) is 0 Å². The maximum atomic E-state index is 5.63. The first-order valence-electron chi connectivity index (χ1n) is 3.85. The minimum absolute atomic E-state index is 0.827. The molecule has 0 fully saturated rings. The number of nitrogens with two attached hydrogens (primary N) is 1. The van der Waals surface area contributed by atoms with Gasteiger partial charge in [-0.2, -0.15) is 0 Å². The summed E-state index contributed by atoms with van der Waals surface area (Å²) < 4.78 is 0. The van der Waals surface area contributed by atoms with Crippen LogP contribution in [0.3, 0.4) is 0 Å². The molecule has 0 saturated heterocycles. The number of hydrogen-bond donors (Lipinski definition) is 2. The van der Waals surface area contributed by atoms with Gasteiger partial charge in [0.25, 0.3) is 0 Å². The lowest BCUT2D eigenvalue weighted by Gasteiger charge is -2.06. The topological polar surface area (TPSA) is 38.0 Å². The minimum atomic E-state index is 0.827. The fraction of sp³-hybridized carbons (Fsp3) is 0.750. The minimum Gasteiger partial charge on any atom is -0.386 e. The van der Waals surface area contributed by atoms with Gasteiger partial charge >= 0.3 is 0 Å². The number of rotatable bonds is 4. The summed E-state index contributed by atoms with van der Waals surface area (Å²) in [5, 5.41) is 3.14. The molecule has 60 valence electrons. The van der Waals surface area contributed by atoms with Crippen molar-refractivity contribution >= 4 is 0 Å². The highest BCUT2D eigenvalue weighted by atomic mass is 15.0. The molecule has 3 N–H and O–H groups in total. The molecule has 0 heterocycles. The number of nitrogens with one attached hydrogen (secondary N) is 1. The maximum Gasteiger partial charge on any atom is 0.0946 e. The molecule has 0 spiro atoms. The van der Waals surface area contributed by atoms with Crippen molar-refractivity contribution in [2.45, 2.75) is 33.6 Å². The molecule has 0 radical (unpaired) electrons. The molecule has 0 unspecified atom stereocenters.